The molecule has 0 aromatic heterocycles. The van der Waals surface area contributed by atoms with Gasteiger partial charge in [0.05, 0.1) is 0 Å². The summed E-state index contributed by atoms with van der Waals surface area (Å²) in [6, 6.07) is 3.37. The zero-order valence-corrected chi connectivity index (χ0v) is 12.8. The van der Waals surface area contributed by atoms with E-state index >= 15 is 0 Å². The highest BCUT2D eigenvalue weighted by Crippen LogP contribution is 2.09. The second kappa shape index (κ2) is 7.36. The van der Waals surface area contributed by atoms with Crippen LogP contribution in [0.15, 0.2) is 18.2 Å². The van der Waals surface area contributed by atoms with Gasteiger partial charge in [0.15, 0.2) is 0 Å². The van der Waals surface area contributed by atoms with Crippen LogP contribution < -0.4 is 10.6 Å². The van der Waals surface area contributed by atoms with Crippen molar-refractivity contribution >= 4 is 6.09 Å². The van der Waals surface area contributed by atoms with Gasteiger partial charge in [-0.25, -0.2) is 13.6 Å². The fourth-order valence-corrected chi connectivity index (χ4v) is 1.57. The first-order valence-electron chi connectivity index (χ1n) is 6.81. The van der Waals surface area contributed by atoms with E-state index in [9.17, 15) is 13.6 Å². The maximum Gasteiger partial charge on any atom is 0.407 e. The molecule has 1 aromatic rings. The number of benzene rings is 1. The summed E-state index contributed by atoms with van der Waals surface area (Å²) in [7, 11) is 0. The third-order valence-corrected chi connectivity index (χ3v) is 2.61. The number of rotatable bonds is 5. The van der Waals surface area contributed by atoms with E-state index in [4.69, 9.17) is 4.74 Å². The number of amides is 1. The number of carbonyl (C=O) groups is 1. The topological polar surface area (TPSA) is 50.4 Å². The van der Waals surface area contributed by atoms with Crippen molar-refractivity contribution in [2.45, 2.75) is 45.9 Å². The highest BCUT2D eigenvalue weighted by molar-refractivity contribution is 5.67. The highest BCUT2D eigenvalue weighted by atomic mass is 19.1. The lowest BCUT2D eigenvalue weighted by Crippen LogP contribution is -2.41. The van der Waals surface area contributed by atoms with Crippen molar-refractivity contribution in [3.05, 3.63) is 35.4 Å². The van der Waals surface area contributed by atoms with E-state index in [0.29, 0.717) is 12.1 Å². The molecule has 0 radical (unpaired) electrons. The zero-order chi connectivity index (χ0) is 16.0. The molecule has 21 heavy (non-hydrogen) atoms. The molecule has 118 valence electrons. The van der Waals surface area contributed by atoms with E-state index in [-0.39, 0.29) is 12.6 Å². The lowest BCUT2D eigenvalue weighted by atomic mass is 10.2. The van der Waals surface area contributed by atoms with Gasteiger partial charge in [-0.1, -0.05) is 6.07 Å². The van der Waals surface area contributed by atoms with Crippen molar-refractivity contribution in [3.8, 4) is 0 Å². The van der Waals surface area contributed by atoms with Gasteiger partial charge < -0.3 is 15.4 Å². The van der Waals surface area contributed by atoms with Crippen LogP contribution in [0, 0.1) is 11.6 Å². The Kier molecular flexibility index (Phi) is 6.08. The molecule has 0 heterocycles. The maximum absolute atomic E-state index is 13.4. The van der Waals surface area contributed by atoms with Gasteiger partial charge in [-0.2, -0.15) is 0 Å². The molecule has 0 spiro atoms. The van der Waals surface area contributed by atoms with Gasteiger partial charge in [-0.3, -0.25) is 0 Å². The summed E-state index contributed by atoms with van der Waals surface area (Å²) < 4.78 is 31.3. The van der Waals surface area contributed by atoms with Crippen molar-refractivity contribution in [2.24, 2.45) is 0 Å². The molecule has 0 fully saturated rings. The molecule has 0 bridgehead atoms. The molecule has 1 amide bonds. The Morgan fingerprint density at radius 3 is 2.57 bits per heavy atom. The van der Waals surface area contributed by atoms with E-state index < -0.39 is 23.3 Å². The molecule has 2 N–H and O–H groups in total. The molecule has 0 saturated carbocycles. The summed E-state index contributed by atoms with van der Waals surface area (Å²) in [5.74, 6) is -1.19. The smallest absolute Gasteiger partial charge is 0.407 e. The average molecular weight is 300 g/mol. The second-order valence-corrected chi connectivity index (χ2v) is 5.90. The van der Waals surface area contributed by atoms with Gasteiger partial charge >= 0.3 is 6.09 Å². The number of nitrogens with one attached hydrogen (secondary N) is 2. The second-order valence-electron chi connectivity index (χ2n) is 5.90. The Labute approximate surface area is 123 Å². The van der Waals surface area contributed by atoms with Crippen molar-refractivity contribution in [1.29, 1.82) is 0 Å². The summed E-state index contributed by atoms with van der Waals surface area (Å²) >= 11 is 0. The molecule has 0 aliphatic carbocycles. The van der Waals surface area contributed by atoms with Crippen LogP contribution in [0.4, 0.5) is 13.6 Å². The van der Waals surface area contributed by atoms with Crippen LogP contribution in [0.25, 0.3) is 0 Å². The van der Waals surface area contributed by atoms with Crippen LogP contribution in [-0.4, -0.2) is 24.3 Å². The minimum atomic E-state index is -0.601. The molecular formula is C15H22F2N2O2. The molecule has 6 heteroatoms. The van der Waals surface area contributed by atoms with E-state index in [0.717, 1.165) is 6.07 Å². The Bertz CT molecular complexity index is 487. The minimum absolute atomic E-state index is 0.0815. The molecule has 0 aliphatic heterocycles. The van der Waals surface area contributed by atoms with Crippen LogP contribution in [0.3, 0.4) is 0 Å². The molecule has 0 aliphatic rings. The molecule has 0 saturated heterocycles. The first-order chi connectivity index (χ1) is 9.67. The Morgan fingerprint density at radius 2 is 2.00 bits per heavy atom. The number of halogens is 2. The number of alkyl carbamates (subject to hydrolysis) is 1. The molecular weight excluding hydrogens is 278 g/mol. The van der Waals surface area contributed by atoms with E-state index in [1.54, 1.807) is 20.8 Å². The Morgan fingerprint density at radius 1 is 1.33 bits per heavy atom. The Hall–Kier alpha value is -1.69. The number of hydrogen-bond acceptors (Lipinski definition) is 3. The van der Waals surface area contributed by atoms with Crippen LogP contribution in [0.5, 0.6) is 0 Å². The lowest BCUT2D eigenvalue weighted by molar-refractivity contribution is 0.0523. The molecule has 1 aromatic carbocycles. The predicted octanol–water partition coefficient (Wildman–Crippen LogP) is 2.97. The van der Waals surface area contributed by atoms with Gasteiger partial charge in [0.2, 0.25) is 0 Å². The van der Waals surface area contributed by atoms with E-state index in [1.165, 1.54) is 12.1 Å². The quantitative estimate of drug-likeness (QED) is 0.879. The summed E-state index contributed by atoms with van der Waals surface area (Å²) in [5, 5.41) is 5.67. The van der Waals surface area contributed by atoms with E-state index in [2.05, 4.69) is 10.6 Å². The monoisotopic (exact) mass is 300 g/mol. The summed E-state index contributed by atoms with van der Waals surface area (Å²) in [6.45, 7) is 7.79. The minimum Gasteiger partial charge on any atom is -0.444 e. The number of ether oxygens (including phenoxy) is 1. The standard InChI is InChI=1S/C15H22F2N2O2/c1-10(8-19-14(20)21-15(2,3)4)18-9-11-5-6-12(16)7-13(11)17/h5-7,10,18H,8-9H2,1-4H3,(H,19,20). The molecule has 1 rings (SSSR count). The van der Waals surface area contributed by atoms with Gasteiger partial charge in [-0.15, -0.1) is 0 Å². The molecule has 1 unspecified atom stereocenters. The summed E-state index contributed by atoms with van der Waals surface area (Å²) in [6.07, 6.45) is -0.496. The average Bonchev–Trinajstić information content (AvgIpc) is 2.33. The van der Waals surface area contributed by atoms with Crippen LogP contribution >= 0.6 is 0 Å². The van der Waals surface area contributed by atoms with Gasteiger partial charge in [-0.05, 0) is 33.8 Å². The van der Waals surface area contributed by atoms with Gasteiger partial charge in [0.25, 0.3) is 0 Å². The number of carbonyl (C=O) groups excluding carboxylic acids is 1. The van der Waals surface area contributed by atoms with Crippen LogP contribution in [0.2, 0.25) is 0 Å². The normalized spacial score (nSPS) is 12.9. The van der Waals surface area contributed by atoms with Crippen molar-refractivity contribution in [2.75, 3.05) is 6.54 Å². The SMILES string of the molecule is CC(CNC(=O)OC(C)(C)C)NCc1ccc(F)cc1F. The van der Waals surface area contributed by atoms with Crippen LogP contribution in [-0.2, 0) is 11.3 Å². The van der Waals surface area contributed by atoms with Crippen molar-refractivity contribution in [1.82, 2.24) is 10.6 Å². The molecule has 4 nitrogen and oxygen atoms in total. The van der Waals surface area contributed by atoms with Crippen molar-refractivity contribution < 1.29 is 18.3 Å². The number of hydrogen-bond donors (Lipinski definition) is 2. The third-order valence-electron chi connectivity index (χ3n) is 2.61. The largest absolute Gasteiger partial charge is 0.444 e. The van der Waals surface area contributed by atoms with Gasteiger partial charge in [0, 0.05) is 30.8 Å². The fraction of sp³-hybridized carbons (Fsp3) is 0.533. The summed E-state index contributed by atoms with van der Waals surface area (Å²) in [4.78, 5) is 11.5. The first kappa shape index (κ1) is 17.4. The Balaban J connectivity index is 2.34. The third kappa shape index (κ3) is 7.04. The van der Waals surface area contributed by atoms with Gasteiger partial charge in [0.1, 0.15) is 17.2 Å². The zero-order valence-electron chi connectivity index (χ0n) is 12.8. The molecule has 1 atom stereocenters. The lowest BCUT2D eigenvalue weighted by Gasteiger charge is -2.21. The highest BCUT2D eigenvalue weighted by Gasteiger charge is 2.16. The summed E-state index contributed by atoms with van der Waals surface area (Å²) in [5.41, 5.74) is -0.168. The first-order valence-corrected chi connectivity index (χ1v) is 6.81. The van der Waals surface area contributed by atoms with Crippen molar-refractivity contribution in [3.63, 3.8) is 0 Å². The van der Waals surface area contributed by atoms with E-state index in [1.807, 2.05) is 6.92 Å². The van der Waals surface area contributed by atoms with Crippen LogP contribution in [0.1, 0.15) is 33.3 Å². The fourth-order valence-electron chi connectivity index (χ4n) is 1.57. The predicted molar refractivity (Wildman–Crippen MR) is 76.9 cm³/mol. The maximum atomic E-state index is 13.4.